The van der Waals surface area contributed by atoms with E-state index in [9.17, 15) is 13.6 Å². The Labute approximate surface area is 95.4 Å². The molecule has 2 N–H and O–H groups in total. The average Bonchev–Trinajstić information content (AvgIpc) is 2.23. The first kappa shape index (κ1) is 12.6. The van der Waals surface area contributed by atoms with Crippen LogP contribution in [0.25, 0.3) is 0 Å². The lowest BCUT2D eigenvalue weighted by Gasteiger charge is -2.10. The van der Waals surface area contributed by atoms with Crippen molar-refractivity contribution in [2.45, 2.75) is 12.8 Å². The number of halogens is 3. The second-order valence-electron chi connectivity index (χ2n) is 2.94. The van der Waals surface area contributed by atoms with E-state index in [1.807, 2.05) is 0 Å². The number of rotatable bonds is 3. The van der Waals surface area contributed by atoms with Crippen LogP contribution < -0.4 is 5.73 Å². The molecule has 4 nitrogen and oxygen atoms in total. The van der Waals surface area contributed by atoms with Crippen molar-refractivity contribution < 1.29 is 18.3 Å². The Balaban J connectivity index is 3.18. The monoisotopic (exact) mass is 250 g/mol. The lowest BCUT2D eigenvalue weighted by Crippen LogP contribution is -2.10. The Morgan fingerprint density at radius 2 is 2.31 bits per heavy atom. The van der Waals surface area contributed by atoms with E-state index in [-0.39, 0.29) is 22.8 Å². The van der Waals surface area contributed by atoms with Crippen molar-refractivity contribution in [3.05, 3.63) is 22.5 Å². The minimum Gasteiger partial charge on any atom is -0.469 e. The molecule has 0 aliphatic carbocycles. The number of alkyl halides is 2. The van der Waals surface area contributed by atoms with Gasteiger partial charge in [0.15, 0.2) is 0 Å². The fourth-order valence-electron chi connectivity index (χ4n) is 1.13. The topological polar surface area (TPSA) is 65.2 Å². The standard InChI is InChI=1S/C9H9ClF2N2O2/c1-16-6(15)2-5-7(9(11)12)8(10)4(13)3-14-5/h3,9H,2,13H2,1H3. The maximum atomic E-state index is 12.7. The van der Waals surface area contributed by atoms with Crippen LogP contribution in [0.2, 0.25) is 5.02 Å². The molecule has 0 unspecified atom stereocenters. The van der Waals surface area contributed by atoms with Crippen molar-refractivity contribution in [2.75, 3.05) is 12.8 Å². The molecule has 0 fully saturated rings. The van der Waals surface area contributed by atoms with Gasteiger partial charge < -0.3 is 10.5 Å². The Bertz CT molecular complexity index is 413. The lowest BCUT2D eigenvalue weighted by molar-refractivity contribution is -0.139. The molecule has 88 valence electrons. The zero-order valence-corrected chi connectivity index (χ0v) is 9.09. The maximum absolute atomic E-state index is 12.7. The molecule has 7 heteroatoms. The van der Waals surface area contributed by atoms with Crippen molar-refractivity contribution in [2.24, 2.45) is 0 Å². The third-order valence-corrected chi connectivity index (χ3v) is 2.34. The number of carbonyl (C=O) groups is 1. The summed E-state index contributed by atoms with van der Waals surface area (Å²) in [4.78, 5) is 14.6. The minimum absolute atomic E-state index is 0.0504. The summed E-state index contributed by atoms with van der Waals surface area (Å²) >= 11 is 5.62. The molecule has 0 radical (unpaired) electrons. The summed E-state index contributed by atoms with van der Waals surface area (Å²) in [6.07, 6.45) is -2.08. The van der Waals surface area contributed by atoms with Crippen LogP contribution in [0.15, 0.2) is 6.20 Å². The summed E-state index contributed by atoms with van der Waals surface area (Å²) in [5.74, 6) is -0.671. The highest BCUT2D eigenvalue weighted by molar-refractivity contribution is 6.33. The summed E-state index contributed by atoms with van der Waals surface area (Å²) in [6, 6.07) is 0. The maximum Gasteiger partial charge on any atom is 0.311 e. The number of anilines is 1. The predicted octanol–water partition coefficient (Wildman–Crippen LogP) is 1.97. The molecule has 0 spiro atoms. The van der Waals surface area contributed by atoms with Crippen molar-refractivity contribution in [3.8, 4) is 0 Å². The molecule has 1 heterocycles. The number of hydrogen-bond donors (Lipinski definition) is 1. The van der Waals surface area contributed by atoms with Gasteiger partial charge in [-0.1, -0.05) is 11.6 Å². The van der Waals surface area contributed by atoms with E-state index < -0.39 is 18.0 Å². The molecule has 0 amide bonds. The molecular formula is C9H9ClF2N2O2. The van der Waals surface area contributed by atoms with E-state index in [4.69, 9.17) is 17.3 Å². The van der Waals surface area contributed by atoms with Crippen molar-refractivity contribution in [3.63, 3.8) is 0 Å². The summed E-state index contributed by atoms with van der Waals surface area (Å²) in [5, 5.41) is -0.274. The van der Waals surface area contributed by atoms with Gasteiger partial charge in [-0.05, 0) is 0 Å². The molecule has 0 bridgehead atoms. The molecule has 0 atom stereocenters. The molecule has 1 aromatic heterocycles. The second kappa shape index (κ2) is 5.07. The number of methoxy groups -OCH3 is 1. The van der Waals surface area contributed by atoms with E-state index in [1.54, 1.807) is 0 Å². The second-order valence-corrected chi connectivity index (χ2v) is 3.32. The van der Waals surface area contributed by atoms with Gasteiger partial charge in [-0.25, -0.2) is 8.78 Å². The highest BCUT2D eigenvalue weighted by Gasteiger charge is 2.22. The SMILES string of the molecule is COC(=O)Cc1ncc(N)c(Cl)c1C(F)F. The van der Waals surface area contributed by atoms with E-state index in [0.29, 0.717) is 0 Å². The number of nitrogens with two attached hydrogens (primary N) is 1. The molecule has 0 saturated carbocycles. The normalized spacial score (nSPS) is 10.6. The van der Waals surface area contributed by atoms with Crippen molar-refractivity contribution >= 4 is 23.3 Å². The minimum atomic E-state index is -2.84. The first-order chi connectivity index (χ1) is 7.47. The van der Waals surface area contributed by atoms with Crippen LogP contribution in [0, 0.1) is 0 Å². The molecule has 1 aromatic rings. The van der Waals surface area contributed by atoms with Gasteiger partial charge in [0, 0.05) is 0 Å². The van der Waals surface area contributed by atoms with Gasteiger partial charge >= 0.3 is 5.97 Å². The van der Waals surface area contributed by atoms with Gasteiger partial charge in [-0.2, -0.15) is 0 Å². The van der Waals surface area contributed by atoms with Crippen LogP contribution in [-0.4, -0.2) is 18.1 Å². The Hall–Kier alpha value is -1.43. The van der Waals surface area contributed by atoms with Gasteiger partial charge in [-0.15, -0.1) is 0 Å². The highest BCUT2D eigenvalue weighted by atomic mass is 35.5. The molecule has 1 rings (SSSR count). The van der Waals surface area contributed by atoms with E-state index in [1.165, 1.54) is 0 Å². The van der Waals surface area contributed by atoms with Crippen molar-refractivity contribution in [1.82, 2.24) is 4.98 Å². The van der Waals surface area contributed by atoms with E-state index in [2.05, 4.69) is 9.72 Å². The Morgan fingerprint density at radius 3 is 2.81 bits per heavy atom. The smallest absolute Gasteiger partial charge is 0.311 e. The molecule has 16 heavy (non-hydrogen) atoms. The van der Waals surface area contributed by atoms with Crippen LogP contribution in [0.4, 0.5) is 14.5 Å². The van der Waals surface area contributed by atoms with Gasteiger partial charge in [-0.3, -0.25) is 9.78 Å². The average molecular weight is 251 g/mol. The van der Waals surface area contributed by atoms with Crippen LogP contribution in [0.5, 0.6) is 0 Å². The summed E-state index contributed by atoms with van der Waals surface area (Å²) in [6.45, 7) is 0. The molecule has 0 aliphatic heterocycles. The fourth-order valence-corrected chi connectivity index (χ4v) is 1.37. The number of esters is 1. The number of carbonyl (C=O) groups excluding carboxylic acids is 1. The molecular weight excluding hydrogens is 242 g/mol. The number of hydrogen-bond acceptors (Lipinski definition) is 4. The zero-order valence-electron chi connectivity index (χ0n) is 8.34. The van der Waals surface area contributed by atoms with E-state index >= 15 is 0 Å². The highest BCUT2D eigenvalue weighted by Crippen LogP contribution is 2.33. The van der Waals surface area contributed by atoms with Crippen LogP contribution in [0.3, 0.4) is 0 Å². The third kappa shape index (κ3) is 2.57. The predicted molar refractivity (Wildman–Crippen MR) is 54.3 cm³/mol. The largest absolute Gasteiger partial charge is 0.469 e. The number of ether oxygens (including phenoxy) is 1. The summed E-state index contributed by atoms with van der Waals surface area (Å²) < 4.78 is 29.7. The van der Waals surface area contributed by atoms with Gasteiger partial charge in [0.05, 0.1) is 41.7 Å². The third-order valence-electron chi connectivity index (χ3n) is 1.92. The number of nitrogen functional groups attached to an aromatic ring is 1. The Morgan fingerprint density at radius 1 is 1.69 bits per heavy atom. The molecule has 0 saturated heterocycles. The number of nitrogens with zero attached hydrogens (tertiary/aromatic N) is 1. The zero-order chi connectivity index (χ0) is 12.3. The number of pyridine rings is 1. The summed E-state index contributed by atoms with van der Waals surface area (Å²) in [5.41, 5.74) is 4.65. The first-order valence-corrected chi connectivity index (χ1v) is 4.62. The Kier molecular flexibility index (Phi) is 4.00. The van der Waals surface area contributed by atoms with Crippen LogP contribution in [0.1, 0.15) is 17.7 Å². The first-order valence-electron chi connectivity index (χ1n) is 4.25. The van der Waals surface area contributed by atoms with Crippen molar-refractivity contribution in [1.29, 1.82) is 0 Å². The quantitative estimate of drug-likeness (QED) is 0.833. The van der Waals surface area contributed by atoms with Crippen LogP contribution >= 0.6 is 11.6 Å². The summed E-state index contributed by atoms with van der Waals surface area (Å²) in [7, 11) is 1.16. The van der Waals surface area contributed by atoms with Gasteiger partial charge in [0.1, 0.15) is 0 Å². The number of aromatic nitrogens is 1. The van der Waals surface area contributed by atoms with Gasteiger partial charge in [0.2, 0.25) is 0 Å². The lowest BCUT2D eigenvalue weighted by atomic mass is 10.1. The fraction of sp³-hybridized carbons (Fsp3) is 0.333. The molecule has 0 aromatic carbocycles. The van der Waals surface area contributed by atoms with Gasteiger partial charge in [0.25, 0.3) is 6.43 Å². The van der Waals surface area contributed by atoms with Crippen LogP contribution in [-0.2, 0) is 16.0 Å². The van der Waals surface area contributed by atoms with E-state index in [0.717, 1.165) is 13.3 Å². The molecule has 0 aliphatic rings.